The summed E-state index contributed by atoms with van der Waals surface area (Å²) in [5, 5.41) is 10.6. The van der Waals surface area contributed by atoms with Crippen molar-refractivity contribution in [3.8, 4) is 5.75 Å². The Kier molecular flexibility index (Phi) is 3.87. The summed E-state index contributed by atoms with van der Waals surface area (Å²) >= 11 is 0. The molecule has 2 aromatic rings. The Balaban J connectivity index is 1.86. The van der Waals surface area contributed by atoms with E-state index in [-0.39, 0.29) is 24.6 Å². The van der Waals surface area contributed by atoms with Gasteiger partial charge < -0.3 is 4.74 Å². The van der Waals surface area contributed by atoms with Crippen LogP contribution >= 0.6 is 0 Å². The Morgan fingerprint density at radius 3 is 2.70 bits per heavy atom. The molecule has 0 unspecified atom stereocenters. The zero-order valence-electron chi connectivity index (χ0n) is 12.0. The molecule has 0 atom stereocenters. The van der Waals surface area contributed by atoms with E-state index in [4.69, 9.17) is 4.74 Å². The maximum atomic E-state index is 12.6. The van der Waals surface area contributed by atoms with E-state index in [1.165, 1.54) is 41.0 Å². The van der Waals surface area contributed by atoms with Gasteiger partial charge in [-0.2, -0.15) is 0 Å². The molecule has 0 amide bonds. The summed E-state index contributed by atoms with van der Waals surface area (Å²) in [7, 11) is -3.64. The molecule has 9 heteroatoms. The van der Waals surface area contributed by atoms with Crippen molar-refractivity contribution in [2.75, 3.05) is 17.5 Å². The summed E-state index contributed by atoms with van der Waals surface area (Å²) in [4.78, 5) is 14.1. The molecule has 2 heterocycles. The summed E-state index contributed by atoms with van der Waals surface area (Å²) in [6.45, 7) is 0.463. The number of nitro benzene ring substituents is 1. The van der Waals surface area contributed by atoms with Gasteiger partial charge in [-0.1, -0.05) is 12.1 Å². The van der Waals surface area contributed by atoms with Gasteiger partial charge in [0.1, 0.15) is 18.0 Å². The molecule has 120 valence electrons. The third-order valence-electron chi connectivity index (χ3n) is 3.41. The first-order valence-electron chi connectivity index (χ1n) is 6.78. The largest absolute Gasteiger partial charge is 0.489 e. The van der Waals surface area contributed by atoms with Crippen LogP contribution < -0.4 is 9.04 Å². The van der Waals surface area contributed by atoms with Crippen molar-refractivity contribution < 1.29 is 18.1 Å². The fourth-order valence-corrected chi connectivity index (χ4v) is 3.89. The van der Waals surface area contributed by atoms with Crippen molar-refractivity contribution in [1.82, 2.24) is 4.98 Å². The molecule has 1 aromatic heterocycles. The van der Waals surface area contributed by atoms with Gasteiger partial charge >= 0.3 is 0 Å². The average molecular weight is 335 g/mol. The third-order valence-corrected chi connectivity index (χ3v) is 5.16. The number of nitrogens with zero attached hydrogens (tertiary/aromatic N) is 3. The van der Waals surface area contributed by atoms with Gasteiger partial charge in [0.25, 0.3) is 5.69 Å². The molecular weight excluding hydrogens is 322 g/mol. The van der Waals surface area contributed by atoms with Crippen LogP contribution in [0.15, 0.2) is 42.7 Å². The number of rotatable bonds is 4. The van der Waals surface area contributed by atoms with Crippen LogP contribution in [0, 0.1) is 10.1 Å². The molecule has 0 saturated heterocycles. The number of fused-ring (bicyclic) bond motifs is 1. The summed E-state index contributed by atoms with van der Waals surface area (Å²) in [6, 6.07) is 7.09. The van der Waals surface area contributed by atoms with Gasteiger partial charge in [-0.3, -0.25) is 19.4 Å². The average Bonchev–Trinajstić information content (AvgIpc) is 2.54. The Labute approximate surface area is 132 Å². The molecule has 0 saturated carbocycles. The number of anilines is 1. The van der Waals surface area contributed by atoms with E-state index < -0.39 is 14.9 Å². The molecule has 0 spiro atoms. The highest BCUT2D eigenvalue weighted by atomic mass is 32.2. The van der Waals surface area contributed by atoms with Crippen LogP contribution in [-0.2, 0) is 15.8 Å². The van der Waals surface area contributed by atoms with Crippen molar-refractivity contribution in [2.24, 2.45) is 0 Å². The van der Waals surface area contributed by atoms with Crippen LogP contribution in [0.1, 0.15) is 5.56 Å². The third kappa shape index (κ3) is 3.09. The number of benzene rings is 1. The van der Waals surface area contributed by atoms with Crippen LogP contribution in [-0.4, -0.2) is 31.5 Å². The molecule has 0 N–H and O–H groups in total. The molecular formula is C14H13N3O5S. The number of non-ortho nitro benzene ring substituents is 1. The Morgan fingerprint density at radius 1 is 1.26 bits per heavy atom. The number of sulfonamides is 1. The van der Waals surface area contributed by atoms with Gasteiger partial charge in [0.2, 0.25) is 10.0 Å². The van der Waals surface area contributed by atoms with E-state index in [1.807, 2.05) is 0 Å². The second-order valence-corrected chi connectivity index (χ2v) is 6.84. The Hall–Kier alpha value is -2.68. The predicted octanol–water partition coefficient (Wildman–Crippen LogP) is 1.72. The second-order valence-electron chi connectivity index (χ2n) is 4.94. The number of hydrogen-bond donors (Lipinski definition) is 0. The van der Waals surface area contributed by atoms with Gasteiger partial charge in [0, 0.05) is 24.4 Å². The van der Waals surface area contributed by atoms with Crippen molar-refractivity contribution in [1.29, 1.82) is 0 Å². The van der Waals surface area contributed by atoms with Crippen LogP contribution in [0.25, 0.3) is 0 Å². The fraction of sp³-hybridized carbons (Fsp3) is 0.214. The molecule has 1 aliphatic heterocycles. The Bertz CT molecular complexity index is 836. The molecule has 1 aliphatic rings. The summed E-state index contributed by atoms with van der Waals surface area (Å²) < 4.78 is 32.0. The normalized spacial score (nSPS) is 14.0. The van der Waals surface area contributed by atoms with Crippen LogP contribution in [0.4, 0.5) is 11.4 Å². The van der Waals surface area contributed by atoms with E-state index in [0.717, 1.165) is 0 Å². The number of ether oxygens (including phenoxy) is 1. The first-order valence-corrected chi connectivity index (χ1v) is 8.39. The van der Waals surface area contributed by atoms with Crippen molar-refractivity contribution in [3.05, 3.63) is 58.4 Å². The van der Waals surface area contributed by atoms with E-state index in [2.05, 4.69) is 4.98 Å². The van der Waals surface area contributed by atoms with Crippen molar-refractivity contribution >= 4 is 21.4 Å². The summed E-state index contributed by atoms with van der Waals surface area (Å²) in [5.41, 5.74) is 0.806. The lowest BCUT2D eigenvalue weighted by molar-refractivity contribution is -0.384. The van der Waals surface area contributed by atoms with Gasteiger partial charge in [-0.25, -0.2) is 8.42 Å². The number of aromatic nitrogens is 1. The SMILES string of the molecule is O=[N+]([O-])c1ccc(CS(=O)(=O)N2CCOc3ccncc32)cc1. The molecule has 0 radical (unpaired) electrons. The van der Waals surface area contributed by atoms with Gasteiger partial charge in [0.05, 0.1) is 23.4 Å². The minimum atomic E-state index is -3.64. The second kappa shape index (κ2) is 5.84. The van der Waals surface area contributed by atoms with Gasteiger partial charge in [-0.05, 0) is 5.56 Å². The van der Waals surface area contributed by atoms with Crippen LogP contribution in [0.5, 0.6) is 5.75 Å². The van der Waals surface area contributed by atoms with Gasteiger partial charge in [-0.15, -0.1) is 0 Å². The predicted molar refractivity (Wildman–Crippen MR) is 82.8 cm³/mol. The molecule has 1 aromatic carbocycles. The zero-order valence-corrected chi connectivity index (χ0v) is 12.8. The highest BCUT2D eigenvalue weighted by Crippen LogP contribution is 2.32. The summed E-state index contributed by atoms with van der Waals surface area (Å²) in [6.07, 6.45) is 2.98. The maximum Gasteiger partial charge on any atom is 0.269 e. The maximum absolute atomic E-state index is 12.6. The lowest BCUT2D eigenvalue weighted by atomic mass is 10.2. The molecule has 0 fully saturated rings. The molecule has 0 bridgehead atoms. The van der Waals surface area contributed by atoms with Crippen molar-refractivity contribution in [3.63, 3.8) is 0 Å². The minimum absolute atomic E-state index is 0.0768. The highest BCUT2D eigenvalue weighted by Gasteiger charge is 2.29. The van der Waals surface area contributed by atoms with Crippen LogP contribution in [0.3, 0.4) is 0 Å². The van der Waals surface area contributed by atoms with Crippen LogP contribution in [0.2, 0.25) is 0 Å². The van der Waals surface area contributed by atoms with Gasteiger partial charge in [0.15, 0.2) is 0 Å². The topological polar surface area (TPSA) is 103 Å². The minimum Gasteiger partial charge on any atom is -0.489 e. The summed E-state index contributed by atoms with van der Waals surface area (Å²) in [5.74, 6) is 0.220. The molecule has 23 heavy (non-hydrogen) atoms. The lowest BCUT2D eigenvalue weighted by Gasteiger charge is -2.29. The molecule has 0 aliphatic carbocycles. The lowest BCUT2D eigenvalue weighted by Crippen LogP contribution is -2.38. The standard InChI is InChI=1S/C14H13N3O5S/c18-17(19)12-3-1-11(2-4-12)10-23(20,21)16-7-8-22-14-5-6-15-9-13(14)16/h1-6,9H,7-8,10H2. The highest BCUT2D eigenvalue weighted by molar-refractivity contribution is 7.92. The monoisotopic (exact) mass is 335 g/mol. The number of hydrogen-bond acceptors (Lipinski definition) is 6. The van der Waals surface area contributed by atoms with Crippen molar-refractivity contribution in [2.45, 2.75) is 5.75 Å². The molecule has 3 rings (SSSR count). The first kappa shape index (κ1) is 15.2. The quantitative estimate of drug-likeness (QED) is 0.622. The number of pyridine rings is 1. The molecule has 8 nitrogen and oxygen atoms in total. The first-order chi connectivity index (χ1) is 11.0. The van der Waals surface area contributed by atoms with E-state index in [9.17, 15) is 18.5 Å². The number of nitro groups is 1. The Morgan fingerprint density at radius 2 is 2.00 bits per heavy atom. The fourth-order valence-electron chi connectivity index (χ4n) is 2.33. The van der Waals surface area contributed by atoms with E-state index in [0.29, 0.717) is 17.0 Å². The zero-order chi connectivity index (χ0) is 16.4. The van der Waals surface area contributed by atoms with E-state index in [1.54, 1.807) is 6.07 Å². The van der Waals surface area contributed by atoms with E-state index >= 15 is 0 Å². The smallest absolute Gasteiger partial charge is 0.269 e.